The maximum atomic E-state index is 8.89. The average molecular weight is 831 g/mol. The predicted molar refractivity (Wildman–Crippen MR) is 169 cm³/mol. The number of carbonyl (C=O) groups is 4. The van der Waals surface area contributed by atoms with Crippen LogP contribution in [0.3, 0.4) is 0 Å². The summed E-state index contributed by atoms with van der Waals surface area (Å²) in [5.74, 6) is -2.49. The van der Waals surface area contributed by atoms with E-state index >= 15 is 0 Å². The zero-order valence-electron chi connectivity index (χ0n) is 29.3. The van der Waals surface area contributed by atoms with Crippen LogP contribution >= 0.6 is 0 Å². The van der Waals surface area contributed by atoms with Gasteiger partial charge >= 0.3 is 39.0 Å². The minimum atomic E-state index is -1.08. The van der Waals surface area contributed by atoms with Crippen LogP contribution in [0.1, 0.15) is 129 Å². The monoisotopic (exact) mass is 830 g/mol. The second kappa shape index (κ2) is 25.9. The van der Waals surface area contributed by atoms with Crippen LogP contribution in [0.5, 0.6) is 0 Å². The third kappa shape index (κ3) is 21.4. The molecular weight excluding hydrogens is 782 g/mol. The summed E-state index contributed by atoms with van der Waals surface area (Å²) in [6, 6.07) is 13.4. The van der Waals surface area contributed by atoms with Crippen LogP contribution in [0.15, 0.2) is 48.8 Å². The Morgan fingerprint density at radius 2 is 0.660 bits per heavy atom. The van der Waals surface area contributed by atoms with Gasteiger partial charge < -0.3 is 49.4 Å². The van der Waals surface area contributed by atoms with Crippen molar-refractivity contribution in [3.8, 4) is 0 Å². The van der Waals surface area contributed by atoms with Gasteiger partial charge in [-0.2, -0.15) is 0 Å². The Morgan fingerprint density at radius 3 is 0.809 bits per heavy atom. The van der Waals surface area contributed by atoms with E-state index in [0.29, 0.717) is 23.7 Å². The van der Waals surface area contributed by atoms with E-state index in [4.69, 9.17) is 39.6 Å². The molecule has 1 aliphatic heterocycles. The standard InChI is InChI=1S/C27H36N2.4C2H4O2.2Rh/c1-18(2)22-11-9-12-23(19(3)4)26(22)28-15-16-29(17-28)27-24(20(5)6)13-10-14-25(27)21(7)8;4*1-2(3)4;;/h9-16,18-21H,1-8H3;4*1H3,(H,3,4);;/q;;;;;2*+2/p-4. The van der Waals surface area contributed by atoms with Crippen molar-refractivity contribution in [3.63, 3.8) is 0 Å². The number of hydrogen-bond donors (Lipinski definition) is 0. The Morgan fingerprint density at radius 1 is 0.489 bits per heavy atom. The molecule has 12 heteroatoms. The molecule has 1 aliphatic rings. The maximum absolute atomic E-state index is 8.89. The largest absolute Gasteiger partial charge is 2.00 e. The summed E-state index contributed by atoms with van der Waals surface area (Å²) in [5, 5.41) is 35.6. The summed E-state index contributed by atoms with van der Waals surface area (Å²) in [6.07, 6.45) is 4.32. The van der Waals surface area contributed by atoms with Gasteiger partial charge in [-0.15, -0.1) is 0 Å². The molecule has 0 amide bonds. The average Bonchev–Trinajstić information content (AvgIpc) is 3.36. The zero-order chi connectivity index (χ0) is 35.6. The van der Waals surface area contributed by atoms with Gasteiger partial charge in [-0.25, -0.2) is 0 Å². The molecule has 4 radical (unpaired) electrons. The molecule has 0 unspecified atom stereocenters. The molecule has 3 rings (SSSR count). The van der Waals surface area contributed by atoms with Crippen LogP contribution in [-0.4, -0.2) is 23.9 Å². The summed E-state index contributed by atoms with van der Waals surface area (Å²) in [4.78, 5) is 40.0. The second-order valence-electron chi connectivity index (χ2n) is 11.3. The fraction of sp³-hybridized carbons (Fsp3) is 0.457. The van der Waals surface area contributed by atoms with E-state index in [1.54, 1.807) is 0 Å². The molecule has 264 valence electrons. The number of hydrogen-bond acceptors (Lipinski definition) is 10. The summed E-state index contributed by atoms with van der Waals surface area (Å²) in [6.45, 7) is 25.7. The first-order valence-corrected chi connectivity index (χ1v) is 14.6. The first-order valence-electron chi connectivity index (χ1n) is 14.6. The number of benzene rings is 2. The normalized spacial score (nSPS) is 11.0. The zero-order valence-corrected chi connectivity index (χ0v) is 32.5. The van der Waals surface area contributed by atoms with E-state index in [2.05, 4.69) is 121 Å². The molecule has 0 N–H and O–H groups in total. The van der Waals surface area contributed by atoms with Crippen molar-refractivity contribution < 1.29 is 78.6 Å². The molecule has 0 aromatic heterocycles. The van der Waals surface area contributed by atoms with Gasteiger partial charge in [0.1, 0.15) is 0 Å². The minimum Gasteiger partial charge on any atom is -0.550 e. The topological polar surface area (TPSA) is 167 Å². The molecule has 0 fully saturated rings. The Hall–Kier alpha value is -3.09. The smallest absolute Gasteiger partial charge is 0.550 e. The third-order valence-electron chi connectivity index (χ3n) is 5.75. The first kappa shape index (κ1) is 50.8. The van der Waals surface area contributed by atoms with Crippen LogP contribution in [0.2, 0.25) is 0 Å². The number of para-hydroxylation sites is 2. The van der Waals surface area contributed by atoms with Crippen molar-refractivity contribution >= 4 is 35.3 Å². The van der Waals surface area contributed by atoms with E-state index < -0.39 is 23.9 Å². The first-order chi connectivity index (χ1) is 20.6. The second-order valence-corrected chi connectivity index (χ2v) is 11.3. The van der Waals surface area contributed by atoms with E-state index in [1.807, 2.05) is 0 Å². The fourth-order valence-electron chi connectivity index (χ4n) is 4.14. The van der Waals surface area contributed by atoms with Gasteiger partial charge in [0.25, 0.3) is 0 Å². The number of aliphatic carboxylic acids is 4. The van der Waals surface area contributed by atoms with Crippen LogP contribution in [0.4, 0.5) is 11.4 Å². The minimum absolute atomic E-state index is 0. The van der Waals surface area contributed by atoms with Crippen LogP contribution < -0.4 is 30.2 Å². The van der Waals surface area contributed by atoms with Gasteiger partial charge in [0.15, 0.2) is 0 Å². The van der Waals surface area contributed by atoms with Gasteiger partial charge in [0.2, 0.25) is 6.67 Å². The summed E-state index contributed by atoms with van der Waals surface area (Å²) >= 11 is 0. The summed E-state index contributed by atoms with van der Waals surface area (Å²) < 4.78 is 0. The van der Waals surface area contributed by atoms with Gasteiger partial charge in [-0.05, 0) is 73.6 Å². The molecule has 0 saturated carbocycles. The van der Waals surface area contributed by atoms with Crippen molar-refractivity contribution in [3.05, 3.63) is 77.7 Å². The number of nitrogens with zero attached hydrogens (tertiary/aromatic N) is 2. The van der Waals surface area contributed by atoms with Crippen LogP contribution in [-0.2, 0) is 58.1 Å². The number of carboxylic acid groups (broad SMARTS) is 4. The fourth-order valence-corrected chi connectivity index (χ4v) is 4.14. The Labute approximate surface area is 306 Å². The summed E-state index contributed by atoms with van der Waals surface area (Å²) in [5.41, 5.74) is 8.05. The molecule has 47 heavy (non-hydrogen) atoms. The molecule has 1 heterocycles. The van der Waals surface area contributed by atoms with Crippen molar-refractivity contribution in [1.82, 2.24) is 0 Å². The van der Waals surface area contributed by atoms with Crippen LogP contribution in [0, 0.1) is 6.67 Å². The van der Waals surface area contributed by atoms with E-state index in [-0.39, 0.29) is 39.0 Å². The number of rotatable bonds is 6. The van der Waals surface area contributed by atoms with Crippen molar-refractivity contribution in [2.45, 2.75) is 107 Å². The van der Waals surface area contributed by atoms with Gasteiger partial charge in [0, 0.05) is 36.3 Å². The number of carbonyl (C=O) groups excluding carboxylic acids is 4. The molecule has 0 spiro atoms. The number of carboxylic acids is 4. The number of anilines is 2. The Kier molecular flexibility index (Phi) is 28.0. The molecular formula is C35H48N2O8Rh2. The van der Waals surface area contributed by atoms with E-state index in [1.165, 1.54) is 33.6 Å². The van der Waals surface area contributed by atoms with Gasteiger partial charge in [-0.3, -0.25) is 0 Å². The molecule has 0 atom stereocenters. The van der Waals surface area contributed by atoms with E-state index in [0.717, 1.165) is 27.7 Å². The van der Waals surface area contributed by atoms with Crippen molar-refractivity contribution in [2.75, 3.05) is 9.80 Å². The molecule has 0 saturated heterocycles. The van der Waals surface area contributed by atoms with Crippen molar-refractivity contribution in [2.24, 2.45) is 0 Å². The molecule has 0 aliphatic carbocycles. The van der Waals surface area contributed by atoms with Gasteiger partial charge in [-0.1, -0.05) is 91.8 Å². The third-order valence-corrected chi connectivity index (χ3v) is 5.75. The molecule has 2 aromatic carbocycles. The van der Waals surface area contributed by atoms with Gasteiger partial charge in [0.05, 0.1) is 11.4 Å². The SMILES string of the molecule is CC(=O)[O-].CC(=O)[O-].CC(=O)[O-].CC(=O)[O-].CC(C)c1cccc(C(C)C)c1N1[C]N(c2c(C(C)C)cccc2C(C)C)C=C1.[Rh+2].[Rh+2]. The molecule has 10 nitrogen and oxygen atoms in total. The Balaban J connectivity index is -0.000000430. The summed E-state index contributed by atoms with van der Waals surface area (Å²) in [7, 11) is 0. The predicted octanol–water partition coefficient (Wildman–Crippen LogP) is 2.99. The quantitative estimate of drug-likeness (QED) is 0.395. The molecule has 0 bridgehead atoms. The molecule has 2 aromatic rings. The van der Waals surface area contributed by atoms with E-state index in [9.17, 15) is 0 Å². The van der Waals surface area contributed by atoms with Crippen LogP contribution in [0.25, 0.3) is 0 Å². The maximum Gasteiger partial charge on any atom is 2.00 e. The Bertz CT molecular complexity index is 1090. The van der Waals surface area contributed by atoms with Crippen molar-refractivity contribution in [1.29, 1.82) is 0 Å².